The molecule has 2 nitrogen and oxygen atoms in total. The maximum atomic E-state index is 3.62. The third-order valence-electron chi connectivity index (χ3n) is 4.13. The molecule has 0 saturated carbocycles. The van der Waals surface area contributed by atoms with Crippen molar-refractivity contribution in [3.8, 4) is 0 Å². The van der Waals surface area contributed by atoms with Crippen LogP contribution >= 0.6 is 11.8 Å². The minimum absolute atomic E-state index is 0.484. The summed E-state index contributed by atoms with van der Waals surface area (Å²) < 4.78 is 0. The minimum Gasteiger partial charge on any atom is -0.371 e. The molecule has 1 rings (SSSR count). The third kappa shape index (κ3) is 5.55. The molecule has 0 bridgehead atoms. The van der Waals surface area contributed by atoms with E-state index < -0.39 is 0 Å². The molecule has 2 atom stereocenters. The van der Waals surface area contributed by atoms with Gasteiger partial charge in [0.05, 0.1) is 0 Å². The van der Waals surface area contributed by atoms with Crippen molar-refractivity contribution in [3.05, 3.63) is 29.8 Å². The lowest BCUT2D eigenvalue weighted by Crippen LogP contribution is -2.33. The molecule has 21 heavy (non-hydrogen) atoms. The Hall–Kier alpha value is -0.670. The number of nitrogens with one attached hydrogen (secondary N) is 1. The van der Waals surface area contributed by atoms with Crippen LogP contribution in [0.5, 0.6) is 0 Å². The molecule has 0 aliphatic heterocycles. The second-order valence-corrected chi connectivity index (χ2v) is 6.55. The predicted octanol–water partition coefficient (Wildman–Crippen LogP) is 4.72. The first-order chi connectivity index (χ1) is 10.2. The molecule has 1 N–H and O–H groups in total. The average Bonchev–Trinajstić information content (AvgIpc) is 2.53. The zero-order chi connectivity index (χ0) is 15.7. The van der Waals surface area contributed by atoms with Gasteiger partial charge in [0, 0.05) is 30.6 Å². The van der Waals surface area contributed by atoms with E-state index >= 15 is 0 Å². The van der Waals surface area contributed by atoms with E-state index in [0.29, 0.717) is 12.1 Å². The second kappa shape index (κ2) is 10.1. The molecule has 1 aromatic carbocycles. The van der Waals surface area contributed by atoms with Gasteiger partial charge in [-0.1, -0.05) is 32.9 Å². The number of thioether (sulfide) groups is 1. The van der Waals surface area contributed by atoms with Crippen molar-refractivity contribution in [2.24, 2.45) is 0 Å². The Balaban J connectivity index is 2.75. The highest BCUT2D eigenvalue weighted by molar-refractivity contribution is 7.98. The Morgan fingerprint density at radius 1 is 1.10 bits per heavy atom. The third-order valence-corrected chi connectivity index (χ3v) is 4.85. The standard InChI is InChI=1S/C18H32N2S/c1-6-13-19-18(8-3)15-9-11-17(12-10-15)20(4)16(7-2)14-21-5/h9-12,16,18-19H,6-8,13-14H2,1-5H3. The first-order valence-corrected chi connectivity index (χ1v) is 9.62. The Morgan fingerprint density at radius 2 is 1.76 bits per heavy atom. The van der Waals surface area contributed by atoms with E-state index in [-0.39, 0.29) is 0 Å². The summed E-state index contributed by atoms with van der Waals surface area (Å²) in [6.07, 6.45) is 5.70. The van der Waals surface area contributed by atoms with Crippen LogP contribution in [0.25, 0.3) is 0 Å². The fourth-order valence-electron chi connectivity index (χ4n) is 2.66. The first-order valence-electron chi connectivity index (χ1n) is 8.22. The summed E-state index contributed by atoms with van der Waals surface area (Å²) in [4.78, 5) is 2.42. The molecule has 2 unspecified atom stereocenters. The van der Waals surface area contributed by atoms with Gasteiger partial charge < -0.3 is 10.2 Å². The molecule has 0 aromatic heterocycles. The van der Waals surface area contributed by atoms with Gasteiger partial charge in [-0.15, -0.1) is 0 Å². The molecule has 0 radical (unpaired) electrons. The molecule has 0 aliphatic rings. The second-order valence-electron chi connectivity index (χ2n) is 5.63. The average molecular weight is 309 g/mol. The van der Waals surface area contributed by atoms with Gasteiger partial charge in [0.15, 0.2) is 0 Å². The van der Waals surface area contributed by atoms with E-state index in [9.17, 15) is 0 Å². The van der Waals surface area contributed by atoms with Crippen molar-refractivity contribution >= 4 is 17.4 Å². The lowest BCUT2D eigenvalue weighted by atomic mass is 10.0. The number of benzene rings is 1. The molecule has 0 amide bonds. The van der Waals surface area contributed by atoms with Gasteiger partial charge in [-0.3, -0.25) is 0 Å². The van der Waals surface area contributed by atoms with Crippen molar-refractivity contribution in [2.75, 3.05) is 30.5 Å². The SMILES string of the molecule is CCCNC(CC)c1ccc(N(C)C(CC)CSC)cc1. The highest BCUT2D eigenvalue weighted by atomic mass is 32.2. The monoisotopic (exact) mass is 308 g/mol. The van der Waals surface area contributed by atoms with Crippen LogP contribution in [0, 0.1) is 0 Å². The molecule has 0 fully saturated rings. The van der Waals surface area contributed by atoms with Crippen LogP contribution in [0.1, 0.15) is 51.6 Å². The topological polar surface area (TPSA) is 15.3 Å². The van der Waals surface area contributed by atoms with Crippen molar-refractivity contribution in [3.63, 3.8) is 0 Å². The number of rotatable bonds is 10. The fourth-order valence-corrected chi connectivity index (χ4v) is 3.51. The van der Waals surface area contributed by atoms with Crippen LogP contribution in [0.2, 0.25) is 0 Å². The van der Waals surface area contributed by atoms with Crippen LogP contribution in [-0.4, -0.2) is 31.6 Å². The lowest BCUT2D eigenvalue weighted by molar-refractivity contribution is 0.518. The van der Waals surface area contributed by atoms with Gasteiger partial charge in [-0.2, -0.15) is 11.8 Å². The largest absolute Gasteiger partial charge is 0.371 e. The maximum Gasteiger partial charge on any atom is 0.0374 e. The van der Waals surface area contributed by atoms with Crippen molar-refractivity contribution < 1.29 is 0 Å². The minimum atomic E-state index is 0.484. The summed E-state index contributed by atoms with van der Waals surface area (Å²) in [6.45, 7) is 7.83. The van der Waals surface area contributed by atoms with Crippen molar-refractivity contribution in [1.82, 2.24) is 5.32 Å². The summed E-state index contributed by atoms with van der Waals surface area (Å²) in [5, 5.41) is 3.62. The van der Waals surface area contributed by atoms with Crippen LogP contribution in [0.15, 0.2) is 24.3 Å². The molecular formula is C18H32N2S. The summed E-state index contributed by atoms with van der Waals surface area (Å²) in [6, 6.07) is 10.2. The van der Waals surface area contributed by atoms with E-state index in [2.05, 4.69) is 68.6 Å². The number of anilines is 1. The summed E-state index contributed by atoms with van der Waals surface area (Å²) in [7, 11) is 2.21. The van der Waals surface area contributed by atoms with Crippen LogP contribution in [-0.2, 0) is 0 Å². The molecule has 0 spiro atoms. The van der Waals surface area contributed by atoms with Crippen molar-refractivity contribution in [1.29, 1.82) is 0 Å². The van der Waals surface area contributed by atoms with Gasteiger partial charge in [0.1, 0.15) is 0 Å². The summed E-state index contributed by atoms with van der Waals surface area (Å²) in [5.41, 5.74) is 2.73. The van der Waals surface area contributed by atoms with Gasteiger partial charge in [0.25, 0.3) is 0 Å². The fraction of sp³-hybridized carbons (Fsp3) is 0.667. The quantitative estimate of drug-likeness (QED) is 0.673. The molecule has 0 aliphatic carbocycles. The van der Waals surface area contributed by atoms with Crippen LogP contribution in [0.4, 0.5) is 5.69 Å². The lowest BCUT2D eigenvalue weighted by Gasteiger charge is -2.29. The molecule has 120 valence electrons. The van der Waals surface area contributed by atoms with Gasteiger partial charge >= 0.3 is 0 Å². The highest BCUT2D eigenvalue weighted by Gasteiger charge is 2.14. The van der Waals surface area contributed by atoms with Crippen molar-refractivity contribution in [2.45, 2.75) is 52.1 Å². The molecule has 1 aromatic rings. The first kappa shape index (κ1) is 18.4. The highest BCUT2D eigenvalue weighted by Crippen LogP contribution is 2.23. The van der Waals surface area contributed by atoms with Crippen LogP contribution in [0.3, 0.4) is 0 Å². The van der Waals surface area contributed by atoms with E-state index in [0.717, 1.165) is 13.0 Å². The maximum absolute atomic E-state index is 3.62. The number of hydrogen-bond donors (Lipinski definition) is 1. The normalized spacial score (nSPS) is 14.0. The molecule has 0 saturated heterocycles. The van der Waals surface area contributed by atoms with E-state index in [1.165, 1.54) is 29.8 Å². The number of nitrogens with zero attached hydrogens (tertiary/aromatic N) is 1. The van der Waals surface area contributed by atoms with Crippen LogP contribution < -0.4 is 10.2 Å². The molecule has 3 heteroatoms. The van der Waals surface area contributed by atoms with E-state index in [1.807, 2.05) is 11.8 Å². The smallest absolute Gasteiger partial charge is 0.0374 e. The Bertz CT molecular complexity index is 377. The van der Waals surface area contributed by atoms with Gasteiger partial charge in [-0.25, -0.2) is 0 Å². The number of hydrogen-bond acceptors (Lipinski definition) is 3. The van der Waals surface area contributed by atoms with E-state index in [4.69, 9.17) is 0 Å². The van der Waals surface area contributed by atoms with Gasteiger partial charge in [-0.05, 0) is 49.8 Å². The van der Waals surface area contributed by atoms with Gasteiger partial charge in [0.2, 0.25) is 0 Å². The summed E-state index contributed by atoms with van der Waals surface area (Å²) >= 11 is 1.93. The molecular weight excluding hydrogens is 276 g/mol. The molecule has 0 heterocycles. The zero-order valence-corrected chi connectivity index (χ0v) is 15.2. The Labute approximate surface area is 135 Å². The predicted molar refractivity (Wildman–Crippen MR) is 98.6 cm³/mol. The zero-order valence-electron chi connectivity index (χ0n) is 14.4. The Morgan fingerprint density at radius 3 is 2.24 bits per heavy atom. The van der Waals surface area contributed by atoms with E-state index in [1.54, 1.807) is 0 Å². The summed E-state index contributed by atoms with van der Waals surface area (Å²) in [5.74, 6) is 1.18. The Kier molecular flexibility index (Phi) is 8.86.